The fourth-order valence-electron chi connectivity index (χ4n) is 5.12. The number of amides is 2. The molecule has 2 aromatic rings. The van der Waals surface area contributed by atoms with Gasteiger partial charge in [-0.25, -0.2) is 0 Å². The van der Waals surface area contributed by atoms with Gasteiger partial charge < -0.3 is 14.5 Å². The van der Waals surface area contributed by atoms with Crippen LogP contribution in [0.3, 0.4) is 0 Å². The Kier molecular flexibility index (Phi) is 5.41. The Morgan fingerprint density at radius 3 is 2.43 bits per heavy atom. The SMILES string of the molecule is O=C(C1CCCCC1)N1C[C@@H]2COC[C@H](C1)N(C(=O)Cn1nc3ccccc3n1)C2. The van der Waals surface area contributed by atoms with E-state index in [2.05, 4.69) is 10.2 Å². The number of carbonyl (C=O) groups excluding carboxylic acids is 2. The van der Waals surface area contributed by atoms with E-state index in [1.54, 1.807) is 0 Å². The van der Waals surface area contributed by atoms with Gasteiger partial charge in [0, 0.05) is 31.5 Å². The summed E-state index contributed by atoms with van der Waals surface area (Å²) in [6.45, 7) is 3.04. The molecule has 3 heterocycles. The number of hydrogen-bond donors (Lipinski definition) is 0. The van der Waals surface area contributed by atoms with Gasteiger partial charge in [0.05, 0.1) is 19.3 Å². The molecule has 0 unspecified atom stereocenters. The highest BCUT2D eigenvalue weighted by molar-refractivity contribution is 5.80. The Balaban J connectivity index is 1.30. The van der Waals surface area contributed by atoms with E-state index >= 15 is 0 Å². The molecule has 0 N–H and O–H groups in total. The van der Waals surface area contributed by atoms with Crippen LogP contribution in [0, 0.1) is 11.8 Å². The molecule has 2 amide bonds. The summed E-state index contributed by atoms with van der Waals surface area (Å²) in [5.74, 6) is 0.575. The first-order valence-electron chi connectivity index (χ1n) is 11.1. The lowest BCUT2D eigenvalue weighted by atomic mass is 9.88. The summed E-state index contributed by atoms with van der Waals surface area (Å²) in [6.07, 6.45) is 5.54. The summed E-state index contributed by atoms with van der Waals surface area (Å²) in [7, 11) is 0. The number of carbonyl (C=O) groups is 2. The van der Waals surface area contributed by atoms with Gasteiger partial charge in [0.2, 0.25) is 11.8 Å². The zero-order chi connectivity index (χ0) is 20.5. The minimum absolute atomic E-state index is 0.0113. The van der Waals surface area contributed by atoms with Crippen molar-refractivity contribution < 1.29 is 14.3 Å². The maximum Gasteiger partial charge on any atom is 0.246 e. The van der Waals surface area contributed by atoms with Crippen molar-refractivity contribution in [2.75, 3.05) is 32.8 Å². The summed E-state index contributed by atoms with van der Waals surface area (Å²) in [5, 5.41) is 8.85. The highest BCUT2D eigenvalue weighted by atomic mass is 16.5. The van der Waals surface area contributed by atoms with Crippen LogP contribution in [0.15, 0.2) is 24.3 Å². The molecule has 1 aromatic heterocycles. The normalized spacial score (nSPS) is 25.3. The lowest BCUT2D eigenvalue weighted by molar-refractivity contribution is -0.140. The molecule has 8 nitrogen and oxygen atoms in total. The number of ether oxygens (including phenoxy) is 1. The van der Waals surface area contributed by atoms with Gasteiger partial charge in [0.25, 0.3) is 0 Å². The topological polar surface area (TPSA) is 80.6 Å². The number of fused-ring (bicyclic) bond motifs is 4. The zero-order valence-corrected chi connectivity index (χ0v) is 17.3. The standard InChI is InChI=1S/C22H29N5O3/c28-21(13-27-23-19-8-4-5-9-20(19)24-27)26-11-16-10-25(12-18(26)15-30-14-16)22(29)17-6-2-1-3-7-17/h4-5,8-9,16-18H,1-3,6-7,10-15H2/t16-,18-/m0/s1. The molecule has 2 atom stereocenters. The lowest BCUT2D eigenvalue weighted by Crippen LogP contribution is -2.49. The predicted molar refractivity (Wildman–Crippen MR) is 110 cm³/mol. The Hall–Kier alpha value is -2.48. The van der Waals surface area contributed by atoms with Crippen LogP contribution in [0.1, 0.15) is 32.1 Å². The Morgan fingerprint density at radius 2 is 1.70 bits per heavy atom. The fraction of sp³-hybridized carbons (Fsp3) is 0.636. The third-order valence-corrected chi connectivity index (χ3v) is 6.66. The molecule has 1 aromatic carbocycles. The van der Waals surface area contributed by atoms with E-state index in [4.69, 9.17) is 4.74 Å². The van der Waals surface area contributed by atoms with E-state index in [1.807, 2.05) is 34.1 Å². The molecule has 2 aliphatic heterocycles. The molecule has 5 rings (SSSR count). The van der Waals surface area contributed by atoms with Gasteiger partial charge in [0.1, 0.15) is 17.6 Å². The van der Waals surface area contributed by atoms with Gasteiger partial charge in [-0.1, -0.05) is 31.4 Å². The summed E-state index contributed by atoms with van der Waals surface area (Å²) in [5.41, 5.74) is 1.57. The van der Waals surface area contributed by atoms with Gasteiger partial charge in [0.15, 0.2) is 0 Å². The van der Waals surface area contributed by atoms with Gasteiger partial charge in [-0.2, -0.15) is 15.0 Å². The quantitative estimate of drug-likeness (QED) is 0.768. The number of nitrogens with zero attached hydrogens (tertiary/aromatic N) is 5. The van der Waals surface area contributed by atoms with Crippen molar-refractivity contribution in [3.8, 4) is 0 Å². The van der Waals surface area contributed by atoms with Crippen molar-refractivity contribution in [3.63, 3.8) is 0 Å². The average Bonchev–Trinajstić information content (AvgIpc) is 2.92. The summed E-state index contributed by atoms with van der Waals surface area (Å²) >= 11 is 0. The van der Waals surface area contributed by atoms with Crippen LogP contribution in [0.2, 0.25) is 0 Å². The third-order valence-electron chi connectivity index (χ3n) is 6.66. The molecule has 8 heteroatoms. The fourth-order valence-corrected chi connectivity index (χ4v) is 5.12. The molecule has 0 radical (unpaired) electrons. The largest absolute Gasteiger partial charge is 0.379 e. The maximum atomic E-state index is 13.2. The van der Waals surface area contributed by atoms with E-state index in [0.29, 0.717) is 32.8 Å². The van der Waals surface area contributed by atoms with Crippen LogP contribution in [0.25, 0.3) is 11.0 Å². The second kappa shape index (κ2) is 8.34. The van der Waals surface area contributed by atoms with Crippen LogP contribution in [0.5, 0.6) is 0 Å². The summed E-state index contributed by atoms with van der Waals surface area (Å²) in [4.78, 5) is 31.7. The first kappa shape index (κ1) is 19.5. The molecule has 2 saturated heterocycles. The van der Waals surface area contributed by atoms with E-state index in [0.717, 1.165) is 36.7 Å². The second-order valence-electron chi connectivity index (χ2n) is 8.90. The number of hydrogen-bond acceptors (Lipinski definition) is 5. The first-order chi connectivity index (χ1) is 14.7. The maximum absolute atomic E-state index is 13.2. The molecule has 3 aliphatic rings. The Morgan fingerprint density at radius 1 is 0.967 bits per heavy atom. The highest BCUT2D eigenvalue weighted by Crippen LogP contribution is 2.28. The molecule has 30 heavy (non-hydrogen) atoms. The van der Waals surface area contributed by atoms with E-state index < -0.39 is 0 Å². The molecule has 1 aliphatic carbocycles. The van der Waals surface area contributed by atoms with Crippen molar-refractivity contribution in [2.45, 2.75) is 44.7 Å². The van der Waals surface area contributed by atoms with Crippen molar-refractivity contribution in [1.29, 1.82) is 0 Å². The second-order valence-corrected chi connectivity index (χ2v) is 8.90. The van der Waals surface area contributed by atoms with Crippen molar-refractivity contribution >= 4 is 22.8 Å². The van der Waals surface area contributed by atoms with E-state index in [1.165, 1.54) is 11.2 Å². The van der Waals surface area contributed by atoms with Crippen molar-refractivity contribution in [3.05, 3.63) is 24.3 Å². The van der Waals surface area contributed by atoms with Crippen LogP contribution < -0.4 is 0 Å². The van der Waals surface area contributed by atoms with Crippen LogP contribution in [0.4, 0.5) is 0 Å². The summed E-state index contributed by atoms with van der Waals surface area (Å²) in [6, 6.07) is 7.50. The van der Waals surface area contributed by atoms with Gasteiger partial charge in [-0.3, -0.25) is 9.59 Å². The first-order valence-corrected chi connectivity index (χ1v) is 11.1. The van der Waals surface area contributed by atoms with E-state index in [9.17, 15) is 9.59 Å². The van der Waals surface area contributed by atoms with Crippen molar-refractivity contribution in [2.24, 2.45) is 11.8 Å². The Labute approximate surface area is 176 Å². The minimum Gasteiger partial charge on any atom is -0.379 e. The Bertz CT molecular complexity index is 889. The average molecular weight is 412 g/mol. The third kappa shape index (κ3) is 3.93. The molecule has 160 valence electrons. The number of rotatable bonds is 3. The predicted octanol–water partition coefficient (Wildman–Crippen LogP) is 1.70. The van der Waals surface area contributed by atoms with Crippen molar-refractivity contribution in [1.82, 2.24) is 24.8 Å². The molecule has 1 saturated carbocycles. The molecule has 0 spiro atoms. The number of benzene rings is 1. The monoisotopic (exact) mass is 411 g/mol. The smallest absolute Gasteiger partial charge is 0.246 e. The molecule has 3 fully saturated rings. The molecular weight excluding hydrogens is 382 g/mol. The van der Waals surface area contributed by atoms with Crippen LogP contribution in [-0.2, 0) is 20.9 Å². The van der Waals surface area contributed by atoms with Crippen LogP contribution >= 0.6 is 0 Å². The van der Waals surface area contributed by atoms with Gasteiger partial charge in [-0.15, -0.1) is 0 Å². The summed E-state index contributed by atoms with van der Waals surface area (Å²) < 4.78 is 5.84. The van der Waals surface area contributed by atoms with E-state index in [-0.39, 0.29) is 36.2 Å². The minimum atomic E-state index is -0.109. The molecule has 2 bridgehead atoms. The lowest BCUT2D eigenvalue weighted by Gasteiger charge is -2.34. The number of aromatic nitrogens is 3. The molecular formula is C22H29N5O3. The van der Waals surface area contributed by atoms with Gasteiger partial charge in [-0.05, 0) is 25.0 Å². The van der Waals surface area contributed by atoms with Gasteiger partial charge >= 0.3 is 0 Å². The van der Waals surface area contributed by atoms with Crippen LogP contribution in [-0.4, -0.2) is 75.5 Å². The highest BCUT2D eigenvalue weighted by Gasteiger charge is 2.39. The zero-order valence-electron chi connectivity index (χ0n) is 17.3.